The van der Waals surface area contributed by atoms with E-state index in [-0.39, 0.29) is 0 Å². The normalized spacial score (nSPS) is 17.9. The third-order valence-corrected chi connectivity index (χ3v) is 5.74. The van der Waals surface area contributed by atoms with Gasteiger partial charge < -0.3 is 9.80 Å². The predicted octanol–water partition coefficient (Wildman–Crippen LogP) is 2.95. The molecule has 0 radical (unpaired) electrons. The van der Waals surface area contributed by atoms with Crippen molar-refractivity contribution in [1.82, 2.24) is 19.8 Å². The molecule has 1 aliphatic carbocycles. The van der Waals surface area contributed by atoms with E-state index < -0.39 is 0 Å². The maximum Gasteiger partial charge on any atom is 0.178 e. The van der Waals surface area contributed by atoms with Gasteiger partial charge in [-0.1, -0.05) is 12.1 Å². The van der Waals surface area contributed by atoms with E-state index in [0.29, 0.717) is 5.92 Å². The lowest BCUT2D eigenvalue weighted by atomic mass is 10.1. The molecule has 2 fully saturated rings. The van der Waals surface area contributed by atoms with E-state index in [1.54, 1.807) is 0 Å². The number of fused-ring (bicyclic) bond motifs is 1. The molecule has 2 aromatic heterocycles. The van der Waals surface area contributed by atoms with Crippen molar-refractivity contribution in [2.24, 2.45) is 0 Å². The van der Waals surface area contributed by atoms with Gasteiger partial charge in [0, 0.05) is 37.8 Å². The van der Waals surface area contributed by atoms with Crippen LogP contribution in [-0.4, -0.2) is 46.0 Å². The number of hydrogen-bond acceptors (Lipinski definition) is 5. The molecule has 134 valence electrons. The van der Waals surface area contributed by atoms with E-state index in [0.717, 1.165) is 43.5 Å². The van der Waals surface area contributed by atoms with Crippen molar-refractivity contribution >= 4 is 17.2 Å². The van der Waals surface area contributed by atoms with E-state index in [2.05, 4.69) is 58.1 Å². The van der Waals surface area contributed by atoms with Gasteiger partial charge in [-0.3, -0.25) is 0 Å². The first-order valence-corrected chi connectivity index (χ1v) is 9.49. The summed E-state index contributed by atoms with van der Waals surface area (Å²) in [5.74, 6) is 2.60. The lowest BCUT2D eigenvalue weighted by Gasteiger charge is -2.37. The minimum atomic E-state index is 0.550. The average Bonchev–Trinajstić information content (AvgIpc) is 3.43. The highest BCUT2D eigenvalue weighted by Crippen LogP contribution is 2.38. The average molecular weight is 348 g/mol. The Morgan fingerprint density at radius 1 is 0.885 bits per heavy atom. The van der Waals surface area contributed by atoms with Crippen molar-refractivity contribution in [2.75, 3.05) is 36.0 Å². The van der Waals surface area contributed by atoms with E-state index >= 15 is 0 Å². The van der Waals surface area contributed by atoms with Crippen molar-refractivity contribution < 1.29 is 0 Å². The molecule has 0 bridgehead atoms. The maximum absolute atomic E-state index is 4.85. The van der Waals surface area contributed by atoms with Crippen LogP contribution < -0.4 is 9.80 Å². The summed E-state index contributed by atoms with van der Waals surface area (Å²) in [4.78, 5) is 4.86. The molecule has 0 amide bonds. The van der Waals surface area contributed by atoms with E-state index in [9.17, 15) is 0 Å². The molecule has 6 heteroatoms. The third-order valence-electron chi connectivity index (χ3n) is 5.74. The monoisotopic (exact) mass is 348 g/mol. The molecule has 1 aromatic carbocycles. The zero-order chi connectivity index (χ0) is 17.7. The highest BCUT2D eigenvalue weighted by molar-refractivity contribution is 5.57. The fourth-order valence-corrected chi connectivity index (χ4v) is 3.82. The SMILES string of the molecule is Cc1cccc(N2CCN(c3ccc4nnc(C5CC5)n4n3)CC2)c1C. The number of hydrogen-bond donors (Lipinski definition) is 0. The van der Waals surface area contributed by atoms with Crippen LogP contribution in [0.15, 0.2) is 30.3 Å². The molecule has 0 N–H and O–H groups in total. The van der Waals surface area contributed by atoms with Crippen LogP contribution in [0.5, 0.6) is 0 Å². The van der Waals surface area contributed by atoms with Gasteiger partial charge in [0.05, 0.1) is 0 Å². The van der Waals surface area contributed by atoms with Crippen molar-refractivity contribution in [3.8, 4) is 0 Å². The van der Waals surface area contributed by atoms with Crippen LogP contribution in [0.2, 0.25) is 0 Å². The Morgan fingerprint density at radius 2 is 1.65 bits per heavy atom. The molecular weight excluding hydrogens is 324 g/mol. The molecule has 0 spiro atoms. The van der Waals surface area contributed by atoms with E-state index in [1.807, 2.05) is 10.6 Å². The number of aromatic nitrogens is 4. The Labute approximate surface area is 153 Å². The van der Waals surface area contributed by atoms with Crippen LogP contribution in [0.3, 0.4) is 0 Å². The Hall–Kier alpha value is -2.63. The Kier molecular flexibility index (Phi) is 3.58. The Balaban J connectivity index is 1.36. The molecule has 6 nitrogen and oxygen atoms in total. The molecule has 0 atom stereocenters. The van der Waals surface area contributed by atoms with E-state index in [1.165, 1.54) is 29.7 Å². The summed E-state index contributed by atoms with van der Waals surface area (Å²) in [6, 6.07) is 10.7. The highest BCUT2D eigenvalue weighted by Gasteiger charge is 2.29. The number of anilines is 2. The van der Waals surface area contributed by atoms with Crippen LogP contribution in [-0.2, 0) is 0 Å². The van der Waals surface area contributed by atoms with Gasteiger partial charge in [-0.05, 0) is 56.0 Å². The maximum atomic E-state index is 4.85. The van der Waals surface area contributed by atoms with Crippen molar-refractivity contribution in [2.45, 2.75) is 32.6 Å². The predicted molar refractivity (Wildman–Crippen MR) is 103 cm³/mol. The number of aryl methyl sites for hydroxylation is 1. The Bertz CT molecular complexity index is 950. The fourth-order valence-electron chi connectivity index (χ4n) is 3.82. The zero-order valence-electron chi connectivity index (χ0n) is 15.4. The lowest BCUT2D eigenvalue weighted by molar-refractivity contribution is 0.638. The quantitative estimate of drug-likeness (QED) is 0.728. The van der Waals surface area contributed by atoms with Crippen LogP contribution in [0.4, 0.5) is 11.5 Å². The summed E-state index contributed by atoms with van der Waals surface area (Å²) in [6.07, 6.45) is 2.42. The second kappa shape index (κ2) is 5.97. The second-order valence-corrected chi connectivity index (χ2v) is 7.49. The van der Waals surface area contributed by atoms with Crippen LogP contribution in [0.25, 0.3) is 5.65 Å². The van der Waals surface area contributed by atoms with Gasteiger partial charge in [0.2, 0.25) is 0 Å². The molecule has 1 saturated heterocycles. The first kappa shape index (κ1) is 15.6. The molecule has 1 saturated carbocycles. The molecule has 3 heterocycles. The summed E-state index contributed by atoms with van der Waals surface area (Å²) in [5.41, 5.74) is 4.96. The number of benzene rings is 1. The summed E-state index contributed by atoms with van der Waals surface area (Å²) in [7, 11) is 0. The van der Waals surface area contributed by atoms with Crippen molar-refractivity contribution in [1.29, 1.82) is 0 Å². The summed E-state index contributed by atoms with van der Waals surface area (Å²) < 4.78 is 1.95. The standard InChI is InChI=1S/C20H24N6/c1-14-4-3-5-17(15(14)2)24-10-12-25(13-11-24)19-9-8-18-21-22-20(16-6-7-16)26(18)23-19/h3-5,8-9,16H,6-7,10-13H2,1-2H3. The zero-order valence-corrected chi connectivity index (χ0v) is 15.4. The topological polar surface area (TPSA) is 49.6 Å². The molecule has 26 heavy (non-hydrogen) atoms. The van der Waals surface area contributed by atoms with Crippen molar-refractivity contribution in [3.63, 3.8) is 0 Å². The minimum Gasteiger partial charge on any atom is -0.368 e. The van der Waals surface area contributed by atoms with Gasteiger partial charge in [0.1, 0.15) is 5.82 Å². The molecule has 0 unspecified atom stereocenters. The number of rotatable bonds is 3. The summed E-state index contributed by atoms with van der Waals surface area (Å²) in [6.45, 7) is 8.39. The Morgan fingerprint density at radius 3 is 2.42 bits per heavy atom. The smallest absolute Gasteiger partial charge is 0.178 e. The number of nitrogens with zero attached hydrogens (tertiary/aromatic N) is 6. The van der Waals surface area contributed by atoms with Crippen LogP contribution in [0.1, 0.15) is 35.7 Å². The fraction of sp³-hybridized carbons (Fsp3) is 0.450. The second-order valence-electron chi connectivity index (χ2n) is 7.49. The molecule has 1 aliphatic heterocycles. The lowest BCUT2D eigenvalue weighted by Crippen LogP contribution is -2.47. The van der Waals surface area contributed by atoms with Gasteiger partial charge in [-0.25, -0.2) is 0 Å². The van der Waals surface area contributed by atoms with Crippen LogP contribution in [0, 0.1) is 13.8 Å². The summed E-state index contributed by atoms with van der Waals surface area (Å²) in [5, 5.41) is 13.4. The van der Waals surface area contributed by atoms with Gasteiger partial charge in [0.15, 0.2) is 11.5 Å². The third kappa shape index (κ3) is 2.60. The van der Waals surface area contributed by atoms with Gasteiger partial charge in [-0.15, -0.1) is 15.3 Å². The van der Waals surface area contributed by atoms with E-state index in [4.69, 9.17) is 5.10 Å². The minimum absolute atomic E-state index is 0.550. The molecule has 2 aliphatic rings. The number of piperazine rings is 1. The summed E-state index contributed by atoms with van der Waals surface area (Å²) >= 11 is 0. The van der Waals surface area contributed by atoms with Crippen LogP contribution >= 0.6 is 0 Å². The largest absolute Gasteiger partial charge is 0.368 e. The molecule has 3 aromatic rings. The highest BCUT2D eigenvalue weighted by atomic mass is 15.4. The van der Waals surface area contributed by atoms with Gasteiger partial charge in [-0.2, -0.15) is 4.52 Å². The van der Waals surface area contributed by atoms with Gasteiger partial charge >= 0.3 is 0 Å². The molecular formula is C20H24N6. The first-order chi connectivity index (χ1) is 12.7. The van der Waals surface area contributed by atoms with Crippen molar-refractivity contribution in [3.05, 3.63) is 47.3 Å². The van der Waals surface area contributed by atoms with Gasteiger partial charge in [0.25, 0.3) is 0 Å². The molecule has 5 rings (SSSR count). The first-order valence-electron chi connectivity index (χ1n) is 9.49.